The number of hydrogen-bond acceptors (Lipinski definition) is 6. The Morgan fingerprint density at radius 2 is 2.00 bits per heavy atom. The smallest absolute Gasteiger partial charge is 0.274 e. The standard InChI is InChI=1S/C25H27N3O5/c1-2-5-24(29)28(12-13-32-19-10-8-17(9-11-19)25(30)27-31)21-16-26-15-20(21)23-14-18-6-3-4-7-22(18)33-23/h2-11,14,20-21,26,31H,12-13,15-16H2,1H3,(H,27,30). The number of nitrogens with zero attached hydrogens (tertiary/aromatic N) is 1. The first-order chi connectivity index (χ1) is 16.1. The maximum atomic E-state index is 12.9. The molecule has 1 fully saturated rings. The highest BCUT2D eigenvalue weighted by atomic mass is 16.5. The summed E-state index contributed by atoms with van der Waals surface area (Å²) in [6.07, 6.45) is 3.30. The van der Waals surface area contributed by atoms with Gasteiger partial charge in [-0.25, -0.2) is 5.48 Å². The Hall–Kier alpha value is -3.62. The average Bonchev–Trinajstić information content (AvgIpc) is 3.48. The third kappa shape index (κ3) is 5.08. The second kappa shape index (κ2) is 10.3. The molecule has 8 heteroatoms. The number of benzene rings is 2. The van der Waals surface area contributed by atoms with E-state index in [2.05, 4.69) is 11.4 Å². The van der Waals surface area contributed by atoms with Crippen LogP contribution in [-0.2, 0) is 4.79 Å². The molecule has 2 aromatic carbocycles. The van der Waals surface area contributed by atoms with Crippen molar-refractivity contribution in [3.63, 3.8) is 0 Å². The maximum Gasteiger partial charge on any atom is 0.274 e. The fourth-order valence-electron chi connectivity index (χ4n) is 4.17. The molecule has 4 rings (SSSR count). The minimum atomic E-state index is -0.588. The molecule has 0 spiro atoms. The molecule has 1 aliphatic rings. The zero-order chi connectivity index (χ0) is 23.2. The van der Waals surface area contributed by atoms with Crippen LogP contribution < -0.4 is 15.5 Å². The number of allylic oxidation sites excluding steroid dienone is 1. The van der Waals surface area contributed by atoms with Crippen molar-refractivity contribution in [2.45, 2.75) is 18.9 Å². The molecule has 2 amide bonds. The van der Waals surface area contributed by atoms with Crippen LogP contribution in [0.2, 0.25) is 0 Å². The van der Waals surface area contributed by atoms with Crippen LogP contribution in [0.5, 0.6) is 5.75 Å². The van der Waals surface area contributed by atoms with Crippen LogP contribution in [0.25, 0.3) is 11.0 Å². The average molecular weight is 450 g/mol. The number of nitrogens with one attached hydrogen (secondary N) is 2. The normalized spacial score (nSPS) is 18.0. The van der Waals surface area contributed by atoms with Gasteiger partial charge in [0.25, 0.3) is 5.91 Å². The Morgan fingerprint density at radius 1 is 1.21 bits per heavy atom. The van der Waals surface area contributed by atoms with Crippen molar-refractivity contribution in [3.8, 4) is 5.75 Å². The number of hydroxylamine groups is 1. The van der Waals surface area contributed by atoms with Crippen LogP contribution in [0.3, 0.4) is 0 Å². The minimum Gasteiger partial charge on any atom is -0.492 e. The van der Waals surface area contributed by atoms with Gasteiger partial charge in [-0.3, -0.25) is 14.8 Å². The number of ether oxygens (including phenoxy) is 1. The van der Waals surface area contributed by atoms with Crippen LogP contribution in [0.4, 0.5) is 0 Å². The number of carbonyl (C=O) groups is 2. The van der Waals surface area contributed by atoms with Gasteiger partial charge < -0.3 is 19.4 Å². The highest BCUT2D eigenvalue weighted by molar-refractivity contribution is 5.93. The van der Waals surface area contributed by atoms with Crippen molar-refractivity contribution < 1.29 is 24.0 Å². The summed E-state index contributed by atoms with van der Waals surface area (Å²) >= 11 is 0. The molecule has 0 bridgehead atoms. The van der Waals surface area contributed by atoms with E-state index in [4.69, 9.17) is 14.4 Å². The Balaban J connectivity index is 1.47. The zero-order valence-electron chi connectivity index (χ0n) is 18.4. The Morgan fingerprint density at radius 3 is 2.73 bits per heavy atom. The first kappa shape index (κ1) is 22.6. The Labute approximate surface area is 191 Å². The summed E-state index contributed by atoms with van der Waals surface area (Å²) in [5, 5.41) is 13.2. The molecule has 3 N–H and O–H groups in total. The van der Waals surface area contributed by atoms with Crippen LogP contribution in [0.15, 0.2) is 71.2 Å². The van der Waals surface area contributed by atoms with Crippen LogP contribution in [0, 0.1) is 0 Å². The van der Waals surface area contributed by atoms with Gasteiger partial charge in [0, 0.05) is 24.0 Å². The molecule has 1 aromatic heterocycles. The Kier molecular flexibility index (Phi) is 7.07. The molecular formula is C25H27N3O5. The fraction of sp³-hybridized carbons (Fsp3) is 0.280. The van der Waals surface area contributed by atoms with Gasteiger partial charge in [-0.2, -0.15) is 0 Å². The lowest BCUT2D eigenvalue weighted by Crippen LogP contribution is -2.45. The molecule has 1 saturated heterocycles. The summed E-state index contributed by atoms with van der Waals surface area (Å²) in [6.45, 7) is 3.89. The molecule has 3 aromatic rings. The first-order valence-electron chi connectivity index (χ1n) is 10.9. The van der Waals surface area contributed by atoms with Crippen LogP contribution in [0.1, 0.15) is 29.0 Å². The highest BCUT2D eigenvalue weighted by Crippen LogP contribution is 2.31. The predicted molar refractivity (Wildman–Crippen MR) is 123 cm³/mol. The molecule has 2 heterocycles. The molecule has 33 heavy (non-hydrogen) atoms. The van der Waals surface area contributed by atoms with Gasteiger partial charge in [0.05, 0.1) is 18.5 Å². The molecule has 8 nitrogen and oxygen atoms in total. The lowest BCUT2D eigenvalue weighted by atomic mass is 9.98. The molecule has 0 aliphatic carbocycles. The highest BCUT2D eigenvalue weighted by Gasteiger charge is 2.37. The van der Waals surface area contributed by atoms with Crippen molar-refractivity contribution in [2.75, 3.05) is 26.2 Å². The summed E-state index contributed by atoms with van der Waals surface area (Å²) in [7, 11) is 0. The van der Waals surface area contributed by atoms with Crippen molar-refractivity contribution >= 4 is 22.8 Å². The quantitative estimate of drug-likeness (QED) is 0.277. The van der Waals surface area contributed by atoms with E-state index in [1.807, 2.05) is 36.1 Å². The summed E-state index contributed by atoms with van der Waals surface area (Å²) in [5.74, 6) is 0.799. The van der Waals surface area contributed by atoms with Gasteiger partial charge in [-0.1, -0.05) is 24.3 Å². The second-order valence-electron chi connectivity index (χ2n) is 7.86. The number of hydrogen-bond donors (Lipinski definition) is 3. The van der Waals surface area contributed by atoms with Gasteiger partial charge >= 0.3 is 0 Å². The van der Waals surface area contributed by atoms with Gasteiger partial charge in [0.15, 0.2) is 0 Å². The van der Waals surface area contributed by atoms with Crippen molar-refractivity contribution in [1.29, 1.82) is 0 Å². The molecule has 2 atom stereocenters. The van der Waals surface area contributed by atoms with E-state index in [-0.39, 0.29) is 24.5 Å². The minimum absolute atomic E-state index is 0.0304. The van der Waals surface area contributed by atoms with Gasteiger partial charge in [-0.15, -0.1) is 0 Å². The first-order valence-corrected chi connectivity index (χ1v) is 10.9. The largest absolute Gasteiger partial charge is 0.492 e. The molecular weight excluding hydrogens is 422 g/mol. The molecule has 0 saturated carbocycles. The van der Waals surface area contributed by atoms with E-state index >= 15 is 0 Å². The molecule has 1 aliphatic heterocycles. The van der Waals surface area contributed by atoms with Gasteiger partial charge in [-0.05, 0) is 49.4 Å². The number of rotatable bonds is 8. The summed E-state index contributed by atoms with van der Waals surface area (Å²) in [5.41, 5.74) is 2.76. The third-order valence-corrected chi connectivity index (χ3v) is 5.80. The summed E-state index contributed by atoms with van der Waals surface area (Å²) in [6, 6.07) is 16.3. The number of fused-ring (bicyclic) bond motifs is 1. The van der Waals surface area contributed by atoms with Crippen molar-refractivity contribution in [2.24, 2.45) is 0 Å². The van der Waals surface area contributed by atoms with Gasteiger partial charge in [0.2, 0.25) is 5.91 Å². The lowest BCUT2D eigenvalue weighted by molar-refractivity contribution is -0.128. The van der Waals surface area contributed by atoms with Gasteiger partial charge in [0.1, 0.15) is 23.7 Å². The van der Waals surface area contributed by atoms with Crippen LogP contribution >= 0.6 is 0 Å². The number of para-hydroxylation sites is 1. The molecule has 172 valence electrons. The third-order valence-electron chi connectivity index (χ3n) is 5.80. The summed E-state index contributed by atoms with van der Waals surface area (Å²) < 4.78 is 11.9. The monoisotopic (exact) mass is 449 g/mol. The Bertz CT molecular complexity index is 1110. The van der Waals surface area contributed by atoms with E-state index in [0.29, 0.717) is 24.4 Å². The second-order valence-corrected chi connectivity index (χ2v) is 7.86. The van der Waals surface area contributed by atoms with E-state index in [9.17, 15) is 9.59 Å². The number of amides is 2. The predicted octanol–water partition coefficient (Wildman–Crippen LogP) is 3.09. The lowest BCUT2D eigenvalue weighted by Gasteiger charge is -2.31. The molecule has 0 radical (unpaired) electrons. The van der Waals surface area contributed by atoms with Crippen LogP contribution in [-0.4, -0.2) is 54.2 Å². The maximum absolute atomic E-state index is 12.9. The number of furan rings is 1. The molecule has 2 unspecified atom stereocenters. The SMILES string of the molecule is CC=CC(=O)N(CCOc1ccc(C(=O)NO)cc1)C1CNCC1c1cc2ccccc2o1. The van der Waals surface area contributed by atoms with E-state index in [0.717, 1.165) is 23.3 Å². The topological polar surface area (TPSA) is 104 Å². The van der Waals surface area contributed by atoms with Crippen molar-refractivity contribution in [3.05, 3.63) is 78.1 Å². The zero-order valence-corrected chi connectivity index (χ0v) is 18.4. The van der Waals surface area contributed by atoms with E-state index in [1.165, 1.54) is 0 Å². The summed E-state index contributed by atoms with van der Waals surface area (Å²) in [4.78, 5) is 26.2. The number of carbonyl (C=O) groups excluding carboxylic acids is 2. The van der Waals surface area contributed by atoms with Crippen molar-refractivity contribution in [1.82, 2.24) is 15.7 Å². The fourth-order valence-corrected chi connectivity index (χ4v) is 4.17. The van der Waals surface area contributed by atoms with E-state index < -0.39 is 5.91 Å². The van der Waals surface area contributed by atoms with E-state index in [1.54, 1.807) is 41.9 Å².